The molecule has 4 nitrogen and oxygen atoms in total. The van der Waals surface area contributed by atoms with Gasteiger partial charge in [0.25, 0.3) is 0 Å². The van der Waals surface area contributed by atoms with Gasteiger partial charge >= 0.3 is 0 Å². The van der Waals surface area contributed by atoms with Crippen molar-refractivity contribution in [3.63, 3.8) is 0 Å². The predicted molar refractivity (Wildman–Crippen MR) is 107 cm³/mol. The van der Waals surface area contributed by atoms with Crippen LogP contribution in [-0.4, -0.2) is 60.1 Å². The first kappa shape index (κ1) is 18.4. The number of anilines is 1. The SMILES string of the molecule is Cc1cccc(CN2CCC[C@H](N3CCN(c4ccccc4F)CC3)C2)n1. The molecule has 0 aliphatic carbocycles. The van der Waals surface area contributed by atoms with Crippen LogP contribution in [0.5, 0.6) is 0 Å². The lowest BCUT2D eigenvalue weighted by Gasteiger charge is -2.44. The van der Waals surface area contributed by atoms with Gasteiger partial charge in [-0.25, -0.2) is 4.39 Å². The molecule has 1 aromatic heterocycles. The number of piperazine rings is 1. The first-order valence-corrected chi connectivity index (χ1v) is 10.1. The van der Waals surface area contributed by atoms with E-state index in [9.17, 15) is 4.39 Å². The lowest BCUT2D eigenvalue weighted by atomic mass is 10.0. The Balaban J connectivity index is 1.32. The van der Waals surface area contributed by atoms with E-state index >= 15 is 0 Å². The molecule has 0 N–H and O–H groups in total. The lowest BCUT2D eigenvalue weighted by molar-refractivity contribution is 0.0880. The molecule has 2 aromatic rings. The molecule has 1 atom stereocenters. The summed E-state index contributed by atoms with van der Waals surface area (Å²) in [6.07, 6.45) is 2.50. The van der Waals surface area contributed by atoms with E-state index in [1.54, 1.807) is 12.1 Å². The van der Waals surface area contributed by atoms with Gasteiger partial charge in [0.15, 0.2) is 0 Å². The normalized spacial score (nSPS) is 22.1. The van der Waals surface area contributed by atoms with Crippen LogP contribution in [-0.2, 0) is 6.54 Å². The van der Waals surface area contributed by atoms with Gasteiger partial charge in [0.05, 0.1) is 11.4 Å². The van der Waals surface area contributed by atoms with Crippen LogP contribution in [0, 0.1) is 12.7 Å². The number of para-hydroxylation sites is 1. The van der Waals surface area contributed by atoms with E-state index in [2.05, 4.69) is 44.8 Å². The first-order chi connectivity index (χ1) is 13.2. The summed E-state index contributed by atoms with van der Waals surface area (Å²) in [5.41, 5.74) is 3.00. The Morgan fingerprint density at radius 2 is 1.81 bits per heavy atom. The van der Waals surface area contributed by atoms with E-state index in [1.807, 2.05) is 12.1 Å². The van der Waals surface area contributed by atoms with Crippen LogP contribution in [0.2, 0.25) is 0 Å². The van der Waals surface area contributed by atoms with Crippen molar-refractivity contribution in [3.05, 3.63) is 59.7 Å². The third-order valence-electron chi connectivity index (χ3n) is 5.84. The van der Waals surface area contributed by atoms with E-state index in [0.717, 1.165) is 57.2 Å². The first-order valence-electron chi connectivity index (χ1n) is 10.1. The summed E-state index contributed by atoms with van der Waals surface area (Å²) >= 11 is 0. The number of aromatic nitrogens is 1. The highest BCUT2D eigenvalue weighted by Crippen LogP contribution is 2.23. The topological polar surface area (TPSA) is 22.6 Å². The molecule has 0 radical (unpaired) electrons. The Hall–Kier alpha value is -1.98. The predicted octanol–water partition coefficient (Wildman–Crippen LogP) is 3.32. The average Bonchev–Trinajstić information content (AvgIpc) is 2.69. The van der Waals surface area contributed by atoms with Crippen LogP contribution in [0.4, 0.5) is 10.1 Å². The van der Waals surface area contributed by atoms with E-state index in [-0.39, 0.29) is 5.82 Å². The van der Waals surface area contributed by atoms with Gasteiger partial charge < -0.3 is 4.90 Å². The van der Waals surface area contributed by atoms with Crippen molar-refractivity contribution in [1.82, 2.24) is 14.8 Å². The van der Waals surface area contributed by atoms with E-state index in [1.165, 1.54) is 18.5 Å². The highest BCUT2D eigenvalue weighted by Gasteiger charge is 2.28. The van der Waals surface area contributed by atoms with E-state index in [4.69, 9.17) is 0 Å². The number of halogens is 1. The minimum atomic E-state index is -0.111. The highest BCUT2D eigenvalue weighted by atomic mass is 19.1. The molecular formula is C22H29FN4. The number of hydrogen-bond acceptors (Lipinski definition) is 4. The molecule has 0 bridgehead atoms. The number of nitrogens with zero attached hydrogens (tertiary/aromatic N) is 4. The summed E-state index contributed by atoms with van der Waals surface area (Å²) in [6, 6.07) is 14.0. The van der Waals surface area contributed by atoms with Crippen LogP contribution in [0.3, 0.4) is 0 Å². The molecule has 3 heterocycles. The van der Waals surface area contributed by atoms with Crippen molar-refractivity contribution in [3.8, 4) is 0 Å². The number of benzene rings is 1. The summed E-state index contributed by atoms with van der Waals surface area (Å²) in [5, 5.41) is 0. The smallest absolute Gasteiger partial charge is 0.146 e. The number of rotatable bonds is 4. The zero-order chi connectivity index (χ0) is 18.6. The molecule has 0 unspecified atom stereocenters. The number of hydrogen-bond donors (Lipinski definition) is 0. The zero-order valence-electron chi connectivity index (χ0n) is 16.1. The maximum Gasteiger partial charge on any atom is 0.146 e. The molecule has 27 heavy (non-hydrogen) atoms. The molecule has 2 fully saturated rings. The molecule has 4 rings (SSSR count). The minimum Gasteiger partial charge on any atom is -0.367 e. The van der Waals surface area contributed by atoms with Gasteiger partial charge in [-0.15, -0.1) is 0 Å². The average molecular weight is 369 g/mol. The summed E-state index contributed by atoms with van der Waals surface area (Å²) in [6.45, 7) is 9.07. The highest BCUT2D eigenvalue weighted by molar-refractivity contribution is 5.48. The van der Waals surface area contributed by atoms with Crippen molar-refractivity contribution in [1.29, 1.82) is 0 Å². The van der Waals surface area contributed by atoms with Gasteiger partial charge in [-0.2, -0.15) is 0 Å². The van der Waals surface area contributed by atoms with Gasteiger partial charge in [-0.1, -0.05) is 18.2 Å². The van der Waals surface area contributed by atoms with Crippen LogP contribution in [0.15, 0.2) is 42.5 Å². The van der Waals surface area contributed by atoms with Gasteiger partial charge in [-0.05, 0) is 50.6 Å². The third kappa shape index (κ3) is 4.47. The summed E-state index contributed by atoms with van der Waals surface area (Å²) in [7, 11) is 0. The maximum atomic E-state index is 14.0. The Morgan fingerprint density at radius 3 is 2.59 bits per heavy atom. The van der Waals surface area contributed by atoms with Gasteiger partial charge in [0, 0.05) is 51.0 Å². The van der Waals surface area contributed by atoms with Crippen molar-refractivity contribution in [2.24, 2.45) is 0 Å². The number of likely N-dealkylation sites (tertiary alicyclic amines) is 1. The molecule has 2 aliphatic heterocycles. The Labute approximate surface area is 161 Å². The largest absolute Gasteiger partial charge is 0.367 e. The Bertz CT molecular complexity index is 757. The molecule has 2 saturated heterocycles. The molecule has 5 heteroatoms. The fourth-order valence-corrected chi connectivity index (χ4v) is 4.43. The Morgan fingerprint density at radius 1 is 1.00 bits per heavy atom. The van der Waals surface area contributed by atoms with Crippen LogP contribution < -0.4 is 4.90 Å². The number of pyridine rings is 1. The second-order valence-electron chi connectivity index (χ2n) is 7.78. The van der Waals surface area contributed by atoms with Crippen LogP contribution >= 0.6 is 0 Å². The van der Waals surface area contributed by atoms with Gasteiger partial charge in [0.1, 0.15) is 5.82 Å². The fourth-order valence-electron chi connectivity index (χ4n) is 4.43. The molecule has 1 aromatic carbocycles. The fraction of sp³-hybridized carbons (Fsp3) is 0.500. The maximum absolute atomic E-state index is 14.0. The van der Waals surface area contributed by atoms with Crippen molar-refractivity contribution in [2.75, 3.05) is 44.2 Å². The van der Waals surface area contributed by atoms with Gasteiger partial charge in [0.2, 0.25) is 0 Å². The second-order valence-corrected chi connectivity index (χ2v) is 7.78. The molecular weight excluding hydrogens is 339 g/mol. The molecule has 0 saturated carbocycles. The van der Waals surface area contributed by atoms with Gasteiger partial charge in [-0.3, -0.25) is 14.8 Å². The Kier molecular flexibility index (Phi) is 5.69. The van der Waals surface area contributed by atoms with E-state index < -0.39 is 0 Å². The van der Waals surface area contributed by atoms with E-state index in [0.29, 0.717) is 6.04 Å². The summed E-state index contributed by atoms with van der Waals surface area (Å²) in [5.74, 6) is -0.111. The molecule has 144 valence electrons. The third-order valence-corrected chi connectivity index (χ3v) is 5.84. The summed E-state index contributed by atoms with van der Waals surface area (Å²) < 4.78 is 14.0. The van der Waals surface area contributed by atoms with Crippen molar-refractivity contribution in [2.45, 2.75) is 32.4 Å². The minimum absolute atomic E-state index is 0.111. The quantitative estimate of drug-likeness (QED) is 0.826. The zero-order valence-corrected chi connectivity index (χ0v) is 16.1. The summed E-state index contributed by atoms with van der Waals surface area (Å²) in [4.78, 5) is 12.0. The van der Waals surface area contributed by atoms with Crippen molar-refractivity contribution >= 4 is 5.69 Å². The number of piperidine rings is 1. The standard InChI is InChI=1S/C22H29FN4/c1-18-6-4-7-19(24-18)16-25-11-5-8-20(17-25)26-12-14-27(15-13-26)22-10-3-2-9-21(22)23/h2-4,6-7,9-10,20H,5,8,11-17H2,1H3/t20-/m0/s1. The number of aryl methyl sites for hydroxylation is 1. The van der Waals surface area contributed by atoms with Crippen LogP contribution in [0.1, 0.15) is 24.2 Å². The molecule has 0 amide bonds. The monoisotopic (exact) mass is 368 g/mol. The second kappa shape index (κ2) is 8.36. The van der Waals surface area contributed by atoms with Crippen molar-refractivity contribution < 1.29 is 4.39 Å². The molecule has 0 spiro atoms. The molecule has 2 aliphatic rings. The lowest BCUT2D eigenvalue weighted by Crippen LogP contribution is -2.55. The van der Waals surface area contributed by atoms with Crippen LogP contribution in [0.25, 0.3) is 0 Å².